The smallest absolute Gasteiger partial charge is 0.171 e. The summed E-state index contributed by atoms with van der Waals surface area (Å²) >= 11 is 0. The van der Waals surface area contributed by atoms with E-state index in [1.165, 1.54) is 0 Å². The van der Waals surface area contributed by atoms with Gasteiger partial charge in [-0.1, -0.05) is 158 Å². The molecule has 0 bridgehead atoms. The van der Waals surface area contributed by atoms with Gasteiger partial charge in [0.15, 0.2) is 7.14 Å². The Labute approximate surface area is 284 Å². The van der Waals surface area contributed by atoms with Crippen molar-refractivity contribution in [3.8, 4) is 33.6 Å². The van der Waals surface area contributed by atoms with Crippen LogP contribution in [0.4, 0.5) is 0 Å². The van der Waals surface area contributed by atoms with Crippen LogP contribution in [0.15, 0.2) is 182 Å². The summed E-state index contributed by atoms with van der Waals surface area (Å²) < 4.78 is 16.9. The van der Waals surface area contributed by atoms with Crippen molar-refractivity contribution in [1.29, 1.82) is 0 Å². The molecule has 0 amide bonds. The van der Waals surface area contributed by atoms with E-state index in [4.69, 9.17) is 9.97 Å². The van der Waals surface area contributed by atoms with Crippen LogP contribution >= 0.6 is 7.14 Å². The van der Waals surface area contributed by atoms with Crippen molar-refractivity contribution in [3.05, 3.63) is 182 Å². The zero-order chi connectivity index (χ0) is 32.8. The number of hydrogen-bond acceptors (Lipinski definition) is 3. The Balaban J connectivity index is 1.11. The third-order valence-corrected chi connectivity index (χ3v) is 12.4. The van der Waals surface area contributed by atoms with E-state index in [0.717, 1.165) is 76.9 Å². The lowest BCUT2D eigenvalue weighted by molar-refractivity contribution is 0.592. The first-order valence-corrected chi connectivity index (χ1v) is 18.1. The molecule has 0 fully saturated rings. The largest absolute Gasteiger partial charge is 0.309 e. The number of para-hydroxylation sites is 1. The Kier molecular flexibility index (Phi) is 7.04. The normalized spacial score (nSPS) is 11.8. The van der Waals surface area contributed by atoms with Crippen molar-refractivity contribution in [2.24, 2.45) is 0 Å². The third-order valence-electron chi connectivity index (χ3n) is 9.32. The molecule has 0 atom stereocenters. The topological polar surface area (TPSA) is 47.3 Å². The summed E-state index contributed by atoms with van der Waals surface area (Å²) in [6, 6.07) is 57.1. The van der Waals surface area contributed by atoms with E-state index in [1.807, 2.05) is 97.1 Å². The van der Waals surface area contributed by atoms with Crippen LogP contribution in [0.3, 0.4) is 0 Å². The molecule has 4 nitrogen and oxygen atoms in total. The zero-order valence-corrected chi connectivity index (χ0v) is 27.4. The molecule has 49 heavy (non-hydrogen) atoms. The molecule has 0 aliphatic carbocycles. The average molecular weight is 648 g/mol. The second kappa shape index (κ2) is 11.9. The van der Waals surface area contributed by atoms with Gasteiger partial charge >= 0.3 is 0 Å². The molecular formula is C44H30N3OP. The van der Waals surface area contributed by atoms with Crippen molar-refractivity contribution in [2.75, 3.05) is 0 Å². The summed E-state index contributed by atoms with van der Waals surface area (Å²) in [7, 11) is -3.03. The van der Waals surface area contributed by atoms with Gasteiger partial charge in [-0.2, -0.15) is 0 Å². The second-order valence-corrected chi connectivity index (χ2v) is 15.0. The number of pyridine rings is 2. The summed E-state index contributed by atoms with van der Waals surface area (Å²) in [5, 5.41) is 5.71. The molecular weight excluding hydrogens is 617 g/mol. The van der Waals surface area contributed by atoms with Crippen molar-refractivity contribution < 1.29 is 4.57 Å². The van der Waals surface area contributed by atoms with Crippen LogP contribution in [0.2, 0.25) is 0 Å². The Morgan fingerprint density at radius 3 is 1.63 bits per heavy atom. The summed E-state index contributed by atoms with van der Waals surface area (Å²) in [6.45, 7) is 0. The molecule has 0 radical (unpaired) electrons. The fourth-order valence-electron chi connectivity index (χ4n) is 6.85. The molecule has 5 heteroatoms. The molecule has 0 spiro atoms. The van der Waals surface area contributed by atoms with Crippen molar-refractivity contribution in [3.63, 3.8) is 0 Å². The minimum absolute atomic E-state index is 0.817. The monoisotopic (exact) mass is 647 g/mol. The van der Waals surface area contributed by atoms with E-state index < -0.39 is 7.14 Å². The van der Waals surface area contributed by atoms with Gasteiger partial charge in [-0.15, -0.1) is 0 Å². The molecule has 9 rings (SSSR count). The molecule has 0 aliphatic rings. The maximum Gasteiger partial charge on any atom is 0.171 e. The first-order chi connectivity index (χ1) is 24.2. The number of rotatable bonds is 6. The third kappa shape index (κ3) is 4.97. The van der Waals surface area contributed by atoms with Crippen LogP contribution in [-0.2, 0) is 4.57 Å². The number of benzene rings is 6. The molecule has 232 valence electrons. The maximum atomic E-state index is 14.8. The fraction of sp³-hybridized carbons (Fsp3) is 0. The summed E-state index contributed by atoms with van der Waals surface area (Å²) in [4.78, 5) is 10.3. The molecule has 9 aromatic rings. The predicted molar refractivity (Wildman–Crippen MR) is 204 cm³/mol. The van der Waals surface area contributed by atoms with E-state index in [1.54, 1.807) is 0 Å². The van der Waals surface area contributed by atoms with Crippen LogP contribution in [0, 0.1) is 0 Å². The van der Waals surface area contributed by atoms with Gasteiger partial charge in [0.05, 0.1) is 16.9 Å². The Morgan fingerprint density at radius 2 is 0.980 bits per heavy atom. The lowest BCUT2D eigenvalue weighted by Gasteiger charge is -2.20. The van der Waals surface area contributed by atoms with Crippen LogP contribution in [-0.4, -0.2) is 14.4 Å². The van der Waals surface area contributed by atoms with Gasteiger partial charge in [0.2, 0.25) is 0 Å². The van der Waals surface area contributed by atoms with Crippen LogP contribution in [0.5, 0.6) is 0 Å². The van der Waals surface area contributed by atoms with Crippen LogP contribution in [0.25, 0.3) is 61.0 Å². The molecule has 0 saturated heterocycles. The zero-order valence-electron chi connectivity index (χ0n) is 26.5. The molecule has 0 N–H and O–H groups in total. The quantitative estimate of drug-likeness (QED) is 0.133. The highest BCUT2D eigenvalue weighted by Crippen LogP contribution is 2.43. The lowest BCUT2D eigenvalue weighted by atomic mass is 9.98. The Bertz CT molecular complexity index is 2610. The van der Waals surface area contributed by atoms with Gasteiger partial charge in [0, 0.05) is 55.6 Å². The fourth-order valence-corrected chi connectivity index (χ4v) is 9.50. The molecule has 6 aromatic carbocycles. The number of hydrogen-bond donors (Lipinski definition) is 0. The van der Waals surface area contributed by atoms with Gasteiger partial charge < -0.3 is 8.97 Å². The van der Waals surface area contributed by atoms with E-state index >= 15 is 0 Å². The first kappa shape index (κ1) is 29.1. The van der Waals surface area contributed by atoms with Gasteiger partial charge in [-0.3, -0.25) is 0 Å². The molecule has 3 heterocycles. The minimum Gasteiger partial charge on any atom is -0.309 e. The SMILES string of the molecule is O=P(c1ccccc1)(c1ccccc1)c1ccc(-c2ccc(-c3nc4ccccc4c4c3ccn3cc(-c5ccccc5)nc43)cc2)cc1. The van der Waals surface area contributed by atoms with Crippen molar-refractivity contribution >= 4 is 50.4 Å². The van der Waals surface area contributed by atoms with E-state index in [2.05, 4.69) is 89.6 Å². The Hall–Kier alpha value is -6.09. The predicted octanol–water partition coefficient (Wildman–Crippen LogP) is 9.68. The molecule has 0 saturated carbocycles. The van der Waals surface area contributed by atoms with Crippen LogP contribution in [0.1, 0.15) is 0 Å². The van der Waals surface area contributed by atoms with Crippen molar-refractivity contribution in [1.82, 2.24) is 14.4 Å². The van der Waals surface area contributed by atoms with Gasteiger partial charge in [0.1, 0.15) is 5.65 Å². The summed E-state index contributed by atoms with van der Waals surface area (Å²) in [6.07, 6.45) is 4.17. The lowest BCUT2D eigenvalue weighted by Crippen LogP contribution is -2.24. The summed E-state index contributed by atoms with van der Waals surface area (Å²) in [5.41, 5.74) is 7.98. The minimum atomic E-state index is -3.03. The van der Waals surface area contributed by atoms with Crippen molar-refractivity contribution in [2.45, 2.75) is 0 Å². The van der Waals surface area contributed by atoms with E-state index in [0.29, 0.717) is 0 Å². The van der Waals surface area contributed by atoms with E-state index in [-0.39, 0.29) is 0 Å². The molecule has 3 aromatic heterocycles. The standard InChI is InChI=1S/C44H30N3OP/c48-49(35-14-6-2-7-15-35,36-16-8-3-9-17-36)37-26-24-32(25-27-37)31-20-22-34(23-21-31)43-39-28-29-47-30-41(33-12-4-1-5-13-33)46-44(47)42(39)38-18-10-11-19-40(38)45-43/h1-30H. The number of imidazole rings is 1. The molecule has 0 unspecified atom stereocenters. The summed E-state index contributed by atoms with van der Waals surface area (Å²) in [5.74, 6) is 0. The first-order valence-electron chi connectivity index (χ1n) is 16.4. The number of fused-ring (bicyclic) bond motifs is 5. The maximum absolute atomic E-state index is 14.8. The Morgan fingerprint density at radius 1 is 0.449 bits per heavy atom. The van der Waals surface area contributed by atoms with Gasteiger partial charge in [0.25, 0.3) is 0 Å². The molecule has 0 aliphatic heterocycles. The van der Waals surface area contributed by atoms with Gasteiger partial charge in [-0.05, 0) is 23.3 Å². The number of nitrogens with zero attached hydrogens (tertiary/aromatic N) is 3. The average Bonchev–Trinajstić information content (AvgIpc) is 3.63. The number of aromatic nitrogens is 3. The highest BCUT2D eigenvalue weighted by molar-refractivity contribution is 7.85. The van der Waals surface area contributed by atoms with Crippen LogP contribution < -0.4 is 15.9 Å². The highest BCUT2D eigenvalue weighted by Gasteiger charge is 2.29. The van der Waals surface area contributed by atoms with Gasteiger partial charge in [-0.25, -0.2) is 9.97 Å². The second-order valence-electron chi connectivity index (χ2n) is 12.2. The highest BCUT2D eigenvalue weighted by atomic mass is 31.2. The van der Waals surface area contributed by atoms with E-state index in [9.17, 15) is 4.57 Å².